The third-order valence-corrected chi connectivity index (χ3v) is 9.22. The highest BCUT2D eigenvalue weighted by Gasteiger charge is 2.42. The molecule has 2 atom stereocenters. The highest BCUT2D eigenvalue weighted by atomic mass is 35.5. The van der Waals surface area contributed by atoms with Gasteiger partial charge in [0.2, 0.25) is 5.91 Å². The molecule has 0 saturated carbocycles. The van der Waals surface area contributed by atoms with Crippen LogP contribution in [0.4, 0.5) is 20.2 Å². The molecule has 2 aliphatic heterocycles. The van der Waals surface area contributed by atoms with Crippen molar-refractivity contribution >= 4 is 39.8 Å². The number of rotatable bonds is 4. The van der Waals surface area contributed by atoms with E-state index < -0.39 is 28.5 Å². The summed E-state index contributed by atoms with van der Waals surface area (Å²) in [5.41, 5.74) is 1.23. The second-order valence-corrected chi connectivity index (χ2v) is 12.6. The van der Waals surface area contributed by atoms with Crippen LogP contribution in [0.1, 0.15) is 37.9 Å². The average Bonchev–Trinajstić information content (AvgIpc) is 2.98. The molecule has 45 heavy (non-hydrogen) atoms. The molecule has 0 bridgehead atoms. The zero-order valence-electron chi connectivity index (χ0n) is 25.7. The summed E-state index contributed by atoms with van der Waals surface area (Å²) in [6, 6.07) is 6.53. The molecule has 2 aromatic heterocycles. The first-order chi connectivity index (χ1) is 21.4. The lowest BCUT2D eigenvalue weighted by atomic mass is 9.95. The van der Waals surface area contributed by atoms with E-state index in [-0.39, 0.29) is 40.0 Å². The summed E-state index contributed by atoms with van der Waals surface area (Å²) in [6.07, 6.45) is 2.94. The Bertz CT molecular complexity index is 1940. The summed E-state index contributed by atoms with van der Waals surface area (Å²) in [5, 5.41) is 10.9. The van der Waals surface area contributed by atoms with Gasteiger partial charge in [0.05, 0.1) is 39.2 Å². The summed E-state index contributed by atoms with van der Waals surface area (Å²) >= 11 is 6.79. The molecular formula is C34H34ClF2N5O3. The average molecular weight is 634 g/mol. The Morgan fingerprint density at radius 2 is 1.87 bits per heavy atom. The number of aromatic hydroxyl groups is 1. The van der Waals surface area contributed by atoms with E-state index in [1.54, 1.807) is 30.3 Å². The number of hydrogen-bond acceptors (Lipinski definition) is 6. The number of carbonyl (C=O) groups excluding carboxylic acids is 1. The van der Waals surface area contributed by atoms with E-state index in [4.69, 9.17) is 11.6 Å². The molecule has 1 saturated heterocycles. The third kappa shape index (κ3) is 4.65. The fraction of sp³-hybridized carbons (Fsp3) is 0.324. The third-order valence-electron chi connectivity index (χ3n) is 8.92. The maximum atomic E-state index is 17.3. The molecule has 234 valence electrons. The summed E-state index contributed by atoms with van der Waals surface area (Å²) in [4.78, 5) is 37.7. The number of nitrogens with zero attached hydrogens (tertiary/aromatic N) is 5. The molecule has 1 amide bonds. The van der Waals surface area contributed by atoms with Gasteiger partial charge in [-0.2, -0.15) is 0 Å². The minimum absolute atomic E-state index is 0.106. The van der Waals surface area contributed by atoms with E-state index in [0.29, 0.717) is 53.3 Å². The molecule has 0 radical (unpaired) electrons. The van der Waals surface area contributed by atoms with Crippen LogP contribution in [0.5, 0.6) is 5.75 Å². The van der Waals surface area contributed by atoms with Crippen LogP contribution in [-0.2, 0) is 4.79 Å². The standard InChI is InChI=1S/C34H34ClF2N5O3/c1-7-25(44)40-16-20-15-39(6)33-32(41(20)14-19(40)5)21-13-22(35)26(27-23(36)9-8-10-24(27)43)28(37)31(21)42(34(33)45)30-18(4)11-12-38-29(30)17(2)3/h7-13,17,19-20,43H,1,14-16H2,2-6H3. The van der Waals surface area contributed by atoms with Crippen molar-refractivity contribution in [1.82, 2.24) is 14.5 Å². The van der Waals surface area contributed by atoms with Crippen molar-refractivity contribution in [3.05, 3.63) is 87.5 Å². The molecule has 8 nitrogen and oxygen atoms in total. The summed E-state index contributed by atoms with van der Waals surface area (Å²) in [7, 11) is 1.80. The molecule has 0 spiro atoms. The lowest BCUT2D eigenvalue weighted by Crippen LogP contribution is -2.64. The van der Waals surface area contributed by atoms with E-state index in [1.807, 2.05) is 32.6 Å². The first-order valence-corrected chi connectivity index (χ1v) is 15.2. The maximum absolute atomic E-state index is 17.3. The van der Waals surface area contributed by atoms with Crippen LogP contribution in [0.3, 0.4) is 0 Å². The Hall–Kier alpha value is -4.44. The van der Waals surface area contributed by atoms with Crippen molar-refractivity contribution in [2.24, 2.45) is 0 Å². The van der Waals surface area contributed by atoms with Crippen LogP contribution in [0, 0.1) is 18.6 Å². The van der Waals surface area contributed by atoms with Gasteiger partial charge in [-0.1, -0.05) is 38.1 Å². The zero-order valence-corrected chi connectivity index (χ0v) is 26.5. The maximum Gasteiger partial charge on any atom is 0.281 e. The number of pyridine rings is 2. The first-order valence-electron chi connectivity index (χ1n) is 14.8. The number of amides is 1. The lowest BCUT2D eigenvalue weighted by Gasteiger charge is -2.51. The Balaban J connectivity index is 1.77. The highest BCUT2D eigenvalue weighted by Crippen LogP contribution is 2.47. The van der Waals surface area contributed by atoms with Crippen molar-refractivity contribution in [1.29, 1.82) is 0 Å². The van der Waals surface area contributed by atoms with Gasteiger partial charge in [0, 0.05) is 49.9 Å². The number of hydrogen-bond donors (Lipinski definition) is 1. The van der Waals surface area contributed by atoms with Crippen molar-refractivity contribution < 1.29 is 18.7 Å². The predicted molar refractivity (Wildman–Crippen MR) is 174 cm³/mol. The summed E-state index contributed by atoms with van der Waals surface area (Å²) in [6.45, 7) is 12.4. The quantitative estimate of drug-likeness (QED) is 0.271. The second kappa shape index (κ2) is 11.2. The second-order valence-electron chi connectivity index (χ2n) is 12.2. The number of aromatic nitrogens is 2. The van der Waals surface area contributed by atoms with Crippen molar-refractivity contribution in [3.8, 4) is 22.6 Å². The van der Waals surface area contributed by atoms with Crippen LogP contribution in [-0.4, -0.2) is 64.2 Å². The van der Waals surface area contributed by atoms with Crippen molar-refractivity contribution in [2.75, 3.05) is 36.5 Å². The van der Waals surface area contributed by atoms with E-state index in [2.05, 4.69) is 16.5 Å². The SMILES string of the molecule is C=CC(=O)N1CC2CN(C)c3c(c4cc(Cl)c(-c5c(O)cccc5F)c(F)c4n(-c4c(C)ccnc4C(C)C)c3=O)N2CC1C. The number of anilines is 2. The fourth-order valence-electron chi connectivity index (χ4n) is 6.87. The topological polar surface area (TPSA) is 81.9 Å². The molecule has 4 aromatic rings. The molecule has 2 aliphatic rings. The van der Waals surface area contributed by atoms with Gasteiger partial charge in [0.25, 0.3) is 5.56 Å². The van der Waals surface area contributed by atoms with E-state index in [9.17, 15) is 14.7 Å². The molecule has 0 aliphatic carbocycles. The number of fused-ring (bicyclic) bond motifs is 5. The van der Waals surface area contributed by atoms with Crippen LogP contribution in [0.25, 0.3) is 27.7 Å². The number of aryl methyl sites for hydroxylation is 1. The van der Waals surface area contributed by atoms with Gasteiger partial charge in [0.15, 0.2) is 5.82 Å². The van der Waals surface area contributed by atoms with Crippen LogP contribution in [0.15, 0.2) is 54.0 Å². The Morgan fingerprint density at radius 1 is 1.13 bits per heavy atom. The minimum atomic E-state index is -0.950. The molecule has 11 heteroatoms. The largest absolute Gasteiger partial charge is 0.507 e. The number of carbonyl (C=O) groups is 1. The minimum Gasteiger partial charge on any atom is -0.507 e. The molecular weight excluding hydrogens is 600 g/mol. The van der Waals surface area contributed by atoms with Crippen LogP contribution in [0.2, 0.25) is 5.02 Å². The number of phenolic OH excluding ortho intramolecular Hbond substituents is 1. The molecule has 1 N–H and O–H groups in total. The Labute approximate surface area is 264 Å². The van der Waals surface area contributed by atoms with Crippen LogP contribution >= 0.6 is 11.6 Å². The van der Waals surface area contributed by atoms with E-state index in [1.165, 1.54) is 22.8 Å². The number of likely N-dealkylation sites (N-methyl/N-ethyl adjacent to an activating group) is 1. The number of piperazine rings is 1. The molecule has 6 rings (SSSR count). The predicted octanol–water partition coefficient (Wildman–Crippen LogP) is 6.16. The van der Waals surface area contributed by atoms with Gasteiger partial charge < -0.3 is 19.8 Å². The van der Waals surface area contributed by atoms with Gasteiger partial charge in [-0.3, -0.25) is 19.1 Å². The van der Waals surface area contributed by atoms with E-state index >= 15 is 8.78 Å². The molecule has 2 unspecified atom stereocenters. The molecule has 2 aromatic carbocycles. The lowest BCUT2D eigenvalue weighted by molar-refractivity contribution is -0.128. The summed E-state index contributed by atoms with van der Waals surface area (Å²) in [5.74, 6) is -2.61. The van der Waals surface area contributed by atoms with Gasteiger partial charge >= 0.3 is 0 Å². The number of phenols is 1. The smallest absolute Gasteiger partial charge is 0.281 e. The number of benzene rings is 2. The van der Waals surface area contributed by atoms with Gasteiger partial charge in [-0.25, -0.2) is 8.78 Å². The zero-order chi connectivity index (χ0) is 32.5. The monoisotopic (exact) mass is 633 g/mol. The normalized spacial score (nSPS) is 17.9. The van der Waals surface area contributed by atoms with Gasteiger partial charge in [-0.05, 0) is 55.7 Å². The fourth-order valence-corrected chi connectivity index (χ4v) is 7.15. The van der Waals surface area contributed by atoms with E-state index in [0.717, 1.165) is 6.07 Å². The number of halogens is 3. The highest BCUT2D eigenvalue weighted by molar-refractivity contribution is 6.34. The molecule has 4 heterocycles. The van der Waals surface area contributed by atoms with Gasteiger partial charge in [0.1, 0.15) is 17.3 Å². The Morgan fingerprint density at radius 3 is 2.53 bits per heavy atom. The van der Waals surface area contributed by atoms with Crippen LogP contribution < -0.4 is 15.4 Å². The Kier molecular flexibility index (Phi) is 7.59. The summed E-state index contributed by atoms with van der Waals surface area (Å²) < 4.78 is 33.9. The van der Waals surface area contributed by atoms with Gasteiger partial charge in [-0.15, -0.1) is 0 Å². The molecule has 1 fully saturated rings. The van der Waals surface area contributed by atoms with Crippen molar-refractivity contribution in [3.63, 3.8) is 0 Å². The van der Waals surface area contributed by atoms with Crippen molar-refractivity contribution in [2.45, 2.75) is 45.7 Å². The first kappa shape index (κ1) is 30.6.